The first-order valence-corrected chi connectivity index (χ1v) is 8.74. The third-order valence-electron chi connectivity index (χ3n) is 3.64. The Labute approximate surface area is 98.7 Å². The van der Waals surface area contributed by atoms with Crippen molar-refractivity contribution in [2.45, 2.75) is 57.8 Å². The summed E-state index contributed by atoms with van der Waals surface area (Å²) in [5, 5.41) is 10.9. The first kappa shape index (κ1) is 13.7. The fourth-order valence-electron chi connectivity index (χ4n) is 1.53. The van der Waals surface area contributed by atoms with E-state index in [9.17, 15) is 4.79 Å². The molecule has 0 aromatic heterocycles. The number of hydrogen-bond donors (Lipinski definition) is 1. The summed E-state index contributed by atoms with van der Waals surface area (Å²) in [5.41, 5.74) is 0. The summed E-state index contributed by atoms with van der Waals surface area (Å²) in [5.74, 6) is -0.767. The molecule has 5 heteroatoms. The molecule has 0 unspecified atom stereocenters. The standard InChI is InChI=1S/C11H23NO3Si/c1-11(2,3)16(4,5)15-12-8-6-7-9(12)10(13)14/h9H,6-8H2,1-5H3,(H,13,14)/t9-/m0/s1. The lowest BCUT2D eigenvalue weighted by Gasteiger charge is -2.39. The average molecular weight is 245 g/mol. The van der Waals surface area contributed by atoms with Crippen LogP contribution in [-0.2, 0) is 9.32 Å². The van der Waals surface area contributed by atoms with Crippen LogP contribution in [0.2, 0.25) is 18.1 Å². The molecule has 0 radical (unpaired) electrons. The molecule has 94 valence electrons. The van der Waals surface area contributed by atoms with E-state index in [1.54, 1.807) is 5.06 Å². The Kier molecular flexibility index (Phi) is 3.82. The molecule has 4 nitrogen and oxygen atoms in total. The van der Waals surface area contributed by atoms with Gasteiger partial charge in [0.05, 0.1) is 0 Å². The zero-order valence-corrected chi connectivity index (χ0v) is 11.9. The van der Waals surface area contributed by atoms with E-state index < -0.39 is 20.3 Å². The summed E-state index contributed by atoms with van der Waals surface area (Å²) < 4.78 is 6.03. The average Bonchev–Trinajstić information content (AvgIpc) is 2.49. The molecule has 0 bridgehead atoms. The minimum Gasteiger partial charge on any atom is -0.480 e. The smallest absolute Gasteiger partial charge is 0.323 e. The highest BCUT2D eigenvalue weighted by Crippen LogP contribution is 2.38. The summed E-state index contributed by atoms with van der Waals surface area (Å²) in [4.78, 5) is 11.0. The Bertz CT molecular complexity index is 273. The van der Waals surface area contributed by atoms with Crippen molar-refractivity contribution in [3.8, 4) is 0 Å². The van der Waals surface area contributed by atoms with Crippen molar-refractivity contribution in [2.75, 3.05) is 6.54 Å². The Morgan fingerprint density at radius 3 is 2.44 bits per heavy atom. The van der Waals surface area contributed by atoms with Crippen LogP contribution in [0.15, 0.2) is 0 Å². The molecular formula is C11H23NO3Si. The van der Waals surface area contributed by atoms with Crippen molar-refractivity contribution in [2.24, 2.45) is 0 Å². The van der Waals surface area contributed by atoms with Gasteiger partial charge in [-0.05, 0) is 31.0 Å². The highest BCUT2D eigenvalue weighted by molar-refractivity contribution is 6.74. The lowest BCUT2D eigenvalue weighted by molar-refractivity contribution is -0.157. The van der Waals surface area contributed by atoms with E-state index in [2.05, 4.69) is 33.9 Å². The fourth-order valence-corrected chi connectivity index (χ4v) is 2.60. The highest BCUT2D eigenvalue weighted by Gasteiger charge is 2.43. The van der Waals surface area contributed by atoms with Crippen LogP contribution in [0.4, 0.5) is 0 Å². The lowest BCUT2D eigenvalue weighted by atomic mass is 10.2. The number of rotatable bonds is 3. The molecule has 16 heavy (non-hydrogen) atoms. The van der Waals surface area contributed by atoms with Crippen molar-refractivity contribution in [1.82, 2.24) is 5.06 Å². The molecule has 0 aromatic carbocycles. The Morgan fingerprint density at radius 1 is 1.44 bits per heavy atom. The van der Waals surface area contributed by atoms with E-state index in [1.165, 1.54) is 0 Å². The van der Waals surface area contributed by atoms with Crippen LogP contribution >= 0.6 is 0 Å². The fraction of sp³-hybridized carbons (Fsp3) is 0.909. The van der Waals surface area contributed by atoms with Gasteiger partial charge in [-0.1, -0.05) is 20.8 Å². The van der Waals surface area contributed by atoms with Gasteiger partial charge in [0.15, 0.2) is 0 Å². The monoisotopic (exact) mass is 245 g/mol. The maximum absolute atomic E-state index is 11.0. The van der Waals surface area contributed by atoms with Crippen LogP contribution < -0.4 is 0 Å². The van der Waals surface area contributed by atoms with Gasteiger partial charge in [-0.3, -0.25) is 4.79 Å². The molecule has 0 aliphatic carbocycles. The van der Waals surface area contributed by atoms with Crippen LogP contribution in [0.25, 0.3) is 0 Å². The minimum atomic E-state index is -1.90. The summed E-state index contributed by atoms with van der Waals surface area (Å²) in [6.45, 7) is 11.5. The number of carboxylic acids is 1. The van der Waals surface area contributed by atoms with Gasteiger partial charge in [0.2, 0.25) is 8.32 Å². The van der Waals surface area contributed by atoms with Crippen molar-refractivity contribution in [3.05, 3.63) is 0 Å². The molecule has 1 N–H and O–H groups in total. The topological polar surface area (TPSA) is 49.8 Å². The molecule has 0 aromatic rings. The summed E-state index contributed by atoms with van der Waals surface area (Å²) in [6.07, 6.45) is 1.61. The van der Waals surface area contributed by atoms with Crippen molar-refractivity contribution in [3.63, 3.8) is 0 Å². The predicted molar refractivity (Wildman–Crippen MR) is 65.6 cm³/mol. The number of nitrogens with zero attached hydrogens (tertiary/aromatic N) is 1. The van der Waals surface area contributed by atoms with Crippen molar-refractivity contribution in [1.29, 1.82) is 0 Å². The Balaban J connectivity index is 2.70. The number of aliphatic carboxylic acids is 1. The van der Waals surface area contributed by atoms with Crippen LogP contribution in [0.1, 0.15) is 33.6 Å². The second-order valence-electron chi connectivity index (χ2n) is 5.99. The first-order chi connectivity index (χ1) is 7.15. The number of hydrogen-bond acceptors (Lipinski definition) is 3. The number of carboxylic acid groups (broad SMARTS) is 1. The van der Waals surface area contributed by atoms with Gasteiger partial charge in [0.1, 0.15) is 6.04 Å². The molecule has 1 fully saturated rings. The lowest BCUT2D eigenvalue weighted by Crippen LogP contribution is -2.49. The quantitative estimate of drug-likeness (QED) is 0.776. The summed E-state index contributed by atoms with van der Waals surface area (Å²) in [6, 6.07) is -0.450. The minimum absolute atomic E-state index is 0.110. The van der Waals surface area contributed by atoms with Crippen molar-refractivity contribution < 1.29 is 14.4 Å². The maximum Gasteiger partial charge on any atom is 0.323 e. The van der Waals surface area contributed by atoms with Crippen LogP contribution in [0.5, 0.6) is 0 Å². The molecule has 1 heterocycles. The van der Waals surface area contributed by atoms with Gasteiger partial charge >= 0.3 is 5.97 Å². The van der Waals surface area contributed by atoms with Gasteiger partial charge in [-0.25, -0.2) is 0 Å². The van der Waals surface area contributed by atoms with E-state index >= 15 is 0 Å². The maximum atomic E-state index is 11.0. The van der Waals surface area contributed by atoms with Gasteiger partial charge in [0.25, 0.3) is 0 Å². The second-order valence-corrected chi connectivity index (χ2v) is 10.7. The molecule has 1 saturated heterocycles. The van der Waals surface area contributed by atoms with Crippen molar-refractivity contribution >= 4 is 14.3 Å². The summed E-state index contributed by atoms with van der Waals surface area (Å²) >= 11 is 0. The van der Waals surface area contributed by atoms with E-state index in [-0.39, 0.29) is 5.04 Å². The summed E-state index contributed by atoms with van der Waals surface area (Å²) in [7, 11) is -1.90. The zero-order chi connectivity index (χ0) is 12.6. The molecule has 1 rings (SSSR count). The van der Waals surface area contributed by atoms with E-state index in [1.807, 2.05) is 0 Å². The van der Waals surface area contributed by atoms with Gasteiger partial charge < -0.3 is 9.63 Å². The number of carbonyl (C=O) groups is 1. The molecule has 1 atom stereocenters. The van der Waals surface area contributed by atoms with E-state index in [0.29, 0.717) is 6.42 Å². The molecule has 1 aliphatic rings. The predicted octanol–water partition coefficient (Wildman–Crippen LogP) is 2.47. The largest absolute Gasteiger partial charge is 0.480 e. The molecule has 1 aliphatic heterocycles. The third-order valence-corrected chi connectivity index (χ3v) is 7.94. The van der Waals surface area contributed by atoms with Crippen LogP contribution in [0, 0.1) is 0 Å². The second kappa shape index (κ2) is 4.47. The zero-order valence-electron chi connectivity index (χ0n) is 10.9. The SMILES string of the molecule is CC(C)(C)[Si](C)(C)ON1CCC[C@H]1C(=O)O. The Morgan fingerprint density at radius 2 is 2.00 bits per heavy atom. The highest BCUT2D eigenvalue weighted by atomic mass is 28.4. The van der Waals surface area contributed by atoms with Gasteiger partial charge in [-0.2, -0.15) is 5.06 Å². The molecule has 0 amide bonds. The molecular weight excluding hydrogens is 222 g/mol. The van der Waals surface area contributed by atoms with E-state index in [4.69, 9.17) is 9.63 Å². The van der Waals surface area contributed by atoms with Gasteiger partial charge in [-0.15, -0.1) is 0 Å². The van der Waals surface area contributed by atoms with Gasteiger partial charge in [0, 0.05) is 6.54 Å². The van der Waals surface area contributed by atoms with Crippen LogP contribution in [-0.4, -0.2) is 37.0 Å². The van der Waals surface area contributed by atoms with Crippen LogP contribution in [0.3, 0.4) is 0 Å². The normalized spacial score (nSPS) is 23.7. The first-order valence-electron chi connectivity index (χ1n) is 5.84. The third kappa shape index (κ3) is 2.84. The van der Waals surface area contributed by atoms with E-state index in [0.717, 1.165) is 13.0 Å². The molecule has 0 spiro atoms. The Hall–Kier alpha value is -0.393. The number of hydroxylamine groups is 2. The molecule has 0 saturated carbocycles.